The summed E-state index contributed by atoms with van der Waals surface area (Å²) in [7, 11) is 0. The number of hydrogen-bond donors (Lipinski definition) is 1. The van der Waals surface area contributed by atoms with Crippen molar-refractivity contribution in [2.45, 2.75) is 26.4 Å². The Morgan fingerprint density at radius 3 is 3.00 bits per heavy atom. The van der Waals surface area contributed by atoms with Crippen LogP contribution in [0.5, 0.6) is 0 Å². The lowest BCUT2D eigenvalue weighted by Crippen LogP contribution is -2.32. The van der Waals surface area contributed by atoms with Gasteiger partial charge >= 0.3 is 0 Å². The van der Waals surface area contributed by atoms with Gasteiger partial charge in [0, 0.05) is 31.0 Å². The quantitative estimate of drug-likeness (QED) is 0.834. The summed E-state index contributed by atoms with van der Waals surface area (Å²) in [6.07, 6.45) is 2.02. The molecule has 17 heavy (non-hydrogen) atoms. The first-order chi connectivity index (χ1) is 8.24. The highest BCUT2D eigenvalue weighted by molar-refractivity contribution is 5.14. The summed E-state index contributed by atoms with van der Waals surface area (Å²) in [6.45, 7) is 9.12. The van der Waals surface area contributed by atoms with Crippen LogP contribution in [-0.4, -0.2) is 35.6 Å². The molecule has 0 spiro atoms. The maximum Gasteiger partial charge on any atom is 0.0372 e. The summed E-state index contributed by atoms with van der Waals surface area (Å²) < 4.78 is 0. The van der Waals surface area contributed by atoms with E-state index in [1.54, 1.807) is 0 Å². The van der Waals surface area contributed by atoms with Crippen LogP contribution in [0.3, 0.4) is 0 Å². The fraction of sp³-hybridized carbons (Fsp3) is 0.643. The van der Waals surface area contributed by atoms with Gasteiger partial charge in [0.15, 0.2) is 0 Å². The van der Waals surface area contributed by atoms with Gasteiger partial charge < -0.3 is 5.32 Å². The van der Waals surface area contributed by atoms with Crippen LogP contribution in [0, 0.1) is 18.8 Å². The number of nitrogens with one attached hydrogen (secondary N) is 1. The lowest BCUT2D eigenvalue weighted by molar-refractivity contribution is 0.231. The number of hydrogen-bond acceptors (Lipinski definition) is 3. The number of likely N-dealkylation sites (tertiary alicyclic amines) is 1. The molecule has 2 saturated heterocycles. The van der Waals surface area contributed by atoms with Gasteiger partial charge in [0.2, 0.25) is 0 Å². The van der Waals surface area contributed by atoms with Crippen LogP contribution >= 0.6 is 0 Å². The maximum atomic E-state index is 4.38. The van der Waals surface area contributed by atoms with Gasteiger partial charge in [-0.05, 0) is 50.4 Å². The van der Waals surface area contributed by atoms with Crippen LogP contribution in [0.25, 0.3) is 0 Å². The fourth-order valence-corrected chi connectivity index (χ4v) is 3.29. The zero-order chi connectivity index (χ0) is 11.8. The molecule has 0 aliphatic carbocycles. The first kappa shape index (κ1) is 11.2. The average molecular weight is 231 g/mol. The molecule has 0 radical (unpaired) electrons. The molecule has 3 nitrogen and oxygen atoms in total. The predicted molar refractivity (Wildman–Crippen MR) is 68.7 cm³/mol. The largest absolute Gasteiger partial charge is 0.316 e. The molecule has 3 heterocycles. The Morgan fingerprint density at radius 2 is 2.29 bits per heavy atom. The number of nitrogens with zero attached hydrogens (tertiary/aromatic N) is 2. The van der Waals surface area contributed by atoms with Crippen LogP contribution in [-0.2, 0) is 6.54 Å². The van der Waals surface area contributed by atoms with Crippen molar-refractivity contribution in [3.05, 3.63) is 29.6 Å². The molecule has 0 bridgehead atoms. The van der Waals surface area contributed by atoms with Crippen LogP contribution in [0.4, 0.5) is 0 Å². The molecule has 3 rings (SSSR count). The van der Waals surface area contributed by atoms with Gasteiger partial charge in [-0.3, -0.25) is 9.88 Å². The van der Waals surface area contributed by atoms with E-state index in [2.05, 4.69) is 34.3 Å². The SMILES string of the molecule is Cc1ccc(CN2CC3CNCC3C2C)cn1. The Balaban J connectivity index is 1.68. The average Bonchev–Trinajstić information content (AvgIpc) is 2.87. The molecule has 3 atom stereocenters. The Kier molecular flexibility index (Phi) is 2.89. The topological polar surface area (TPSA) is 28.2 Å². The third kappa shape index (κ3) is 2.09. The minimum atomic E-state index is 0.705. The minimum Gasteiger partial charge on any atom is -0.316 e. The second-order valence-corrected chi connectivity index (χ2v) is 5.56. The summed E-state index contributed by atoms with van der Waals surface area (Å²) >= 11 is 0. The van der Waals surface area contributed by atoms with Crippen LogP contribution in [0.15, 0.2) is 18.3 Å². The zero-order valence-electron chi connectivity index (χ0n) is 10.7. The minimum absolute atomic E-state index is 0.705. The van der Waals surface area contributed by atoms with E-state index in [1.165, 1.54) is 25.2 Å². The van der Waals surface area contributed by atoms with Crippen molar-refractivity contribution < 1.29 is 0 Å². The number of rotatable bonds is 2. The Morgan fingerprint density at radius 1 is 1.41 bits per heavy atom. The molecular formula is C14H21N3. The molecule has 2 aliphatic heterocycles. The van der Waals surface area contributed by atoms with Crippen molar-refractivity contribution in [3.8, 4) is 0 Å². The highest BCUT2D eigenvalue weighted by Gasteiger charge is 2.41. The van der Waals surface area contributed by atoms with Gasteiger partial charge in [-0.1, -0.05) is 6.07 Å². The number of aryl methyl sites for hydroxylation is 1. The Labute approximate surface area is 103 Å². The number of pyridine rings is 1. The molecular weight excluding hydrogens is 210 g/mol. The van der Waals surface area contributed by atoms with E-state index < -0.39 is 0 Å². The smallest absolute Gasteiger partial charge is 0.0372 e. The molecule has 0 aromatic carbocycles. The Hall–Kier alpha value is -0.930. The lowest BCUT2D eigenvalue weighted by atomic mass is 9.95. The molecule has 2 fully saturated rings. The molecule has 2 aliphatic rings. The number of fused-ring (bicyclic) bond motifs is 1. The lowest BCUT2D eigenvalue weighted by Gasteiger charge is -2.24. The summed E-state index contributed by atoms with van der Waals surface area (Å²) in [5.41, 5.74) is 2.44. The second-order valence-electron chi connectivity index (χ2n) is 5.56. The van der Waals surface area contributed by atoms with E-state index in [9.17, 15) is 0 Å². The number of aromatic nitrogens is 1. The normalized spacial score (nSPS) is 32.9. The first-order valence-electron chi connectivity index (χ1n) is 6.60. The Bertz CT molecular complexity index is 387. The molecule has 3 heteroatoms. The highest BCUT2D eigenvalue weighted by atomic mass is 15.2. The molecule has 1 aromatic heterocycles. The monoisotopic (exact) mass is 231 g/mol. The molecule has 1 N–H and O–H groups in total. The molecule has 1 aromatic rings. The summed E-state index contributed by atoms with van der Waals surface area (Å²) in [4.78, 5) is 6.99. The van der Waals surface area contributed by atoms with E-state index in [1.807, 2.05) is 13.1 Å². The van der Waals surface area contributed by atoms with Crippen molar-refractivity contribution in [2.24, 2.45) is 11.8 Å². The van der Waals surface area contributed by atoms with Crippen molar-refractivity contribution in [2.75, 3.05) is 19.6 Å². The van der Waals surface area contributed by atoms with Crippen molar-refractivity contribution in [1.82, 2.24) is 15.2 Å². The molecule has 0 amide bonds. The first-order valence-corrected chi connectivity index (χ1v) is 6.60. The van der Waals surface area contributed by atoms with E-state index in [0.29, 0.717) is 6.04 Å². The summed E-state index contributed by atoms with van der Waals surface area (Å²) in [5, 5.41) is 3.51. The van der Waals surface area contributed by atoms with Gasteiger partial charge in [0.05, 0.1) is 0 Å². The van der Waals surface area contributed by atoms with Gasteiger partial charge in [0.1, 0.15) is 0 Å². The van der Waals surface area contributed by atoms with E-state index in [-0.39, 0.29) is 0 Å². The highest BCUT2D eigenvalue weighted by Crippen LogP contribution is 2.33. The standard InChI is InChI=1S/C14H21N3/c1-10-3-4-12(5-16-10)8-17-9-13-6-15-7-14(13)11(17)2/h3-5,11,13-15H,6-9H2,1-2H3. The molecule has 0 saturated carbocycles. The van der Waals surface area contributed by atoms with Crippen molar-refractivity contribution >= 4 is 0 Å². The second kappa shape index (κ2) is 4.39. The van der Waals surface area contributed by atoms with Crippen LogP contribution in [0.1, 0.15) is 18.2 Å². The van der Waals surface area contributed by atoms with Gasteiger partial charge in [0.25, 0.3) is 0 Å². The summed E-state index contributed by atoms with van der Waals surface area (Å²) in [6, 6.07) is 5.02. The predicted octanol–water partition coefficient (Wildman–Crippen LogP) is 1.43. The maximum absolute atomic E-state index is 4.38. The summed E-state index contributed by atoms with van der Waals surface area (Å²) in [5.74, 6) is 1.72. The van der Waals surface area contributed by atoms with E-state index >= 15 is 0 Å². The van der Waals surface area contributed by atoms with Gasteiger partial charge in [-0.25, -0.2) is 0 Å². The molecule has 3 unspecified atom stereocenters. The third-order valence-corrected chi connectivity index (χ3v) is 4.41. The van der Waals surface area contributed by atoms with Gasteiger partial charge in [-0.2, -0.15) is 0 Å². The fourth-order valence-electron chi connectivity index (χ4n) is 3.29. The van der Waals surface area contributed by atoms with E-state index in [4.69, 9.17) is 0 Å². The van der Waals surface area contributed by atoms with Gasteiger partial charge in [-0.15, -0.1) is 0 Å². The van der Waals surface area contributed by atoms with Crippen LogP contribution in [0.2, 0.25) is 0 Å². The van der Waals surface area contributed by atoms with E-state index in [0.717, 1.165) is 24.1 Å². The molecule has 92 valence electrons. The van der Waals surface area contributed by atoms with Crippen molar-refractivity contribution in [3.63, 3.8) is 0 Å². The third-order valence-electron chi connectivity index (χ3n) is 4.41. The van der Waals surface area contributed by atoms with Crippen molar-refractivity contribution in [1.29, 1.82) is 0 Å². The zero-order valence-corrected chi connectivity index (χ0v) is 10.7. The van der Waals surface area contributed by atoms with Crippen LogP contribution < -0.4 is 5.32 Å².